The van der Waals surface area contributed by atoms with Gasteiger partial charge in [-0.25, -0.2) is 0 Å². The normalized spacial score (nSPS) is 26.1. The minimum absolute atomic E-state index is 0.226. The molecule has 0 spiro atoms. The van der Waals surface area contributed by atoms with E-state index in [0.29, 0.717) is 5.92 Å². The summed E-state index contributed by atoms with van der Waals surface area (Å²) in [7, 11) is 0. The summed E-state index contributed by atoms with van der Waals surface area (Å²) in [4.78, 5) is 2.48. The van der Waals surface area contributed by atoms with Crippen LogP contribution in [0.4, 0.5) is 0 Å². The van der Waals surface area contributed by atoms with Gasteiger partial charge in [0.1, 0.15) is 0 Å². The monoisotopic (exact) mass is 200 g/mol. The van der Waals surface area contributed by atoms with Gasteiger partial charge in [-0.15, -0.1) is 0 Å². The number of nitrogens with zero attached hydrogens (tertiary/aromatic N) is 1. The number of hydrogen-bond acceptors (Lipinski definition) is 3. The number of nitrogens with two attached hydrogens (primary N) is 1. The molecule has 0 amide bonds. The van der Waals surface area contributed by atoms with E-state index in [0.717, 1.165) is 39.4 Å². The third-order valence-corrected chi connectivity index (χ3v) is 2.73. The SMILES string of the molecule is CC1COCCN(CC(C)(C)CN)C1. The van der Waals surface area contributed by atoms with Crippen LogP contribution in [0.25, 0.3) is 0 Å². The van der Waals surface area contributed by atoms with E-state index < -0.39 is 0 Å². The quantitative estimate of drug-likeness (QED) is 0.737. The second-order valence-electron chi connectivity index (χ2n) is 5.28. The molecule has 1 saturated heterocycles. The first kappa shape index (κ1) is 12.0. The van der Waals surface area contributed by atoms with Crippen molar-refractivity contribution >= 4 is 0 Å². The van der Waals surface area contributed by atoms with Gasteiger partial charge in [-0.2, -0.15) is 0 Å². The first-order valence-corrected chi connectivity index (χ1v) is 5.54. The van der Waals surface area contributed by atoms with Gasteiger partial charge in [-0.3, -0.25) is 0 Å². The Kier molecular flexibility index (Phi) is 4.35. The van der Waals surface area contributed by atoms with Crippen molar-refractivity contribution in [2.24, 2.45) is 17.1 Å². The molecule has 0 saturated carbocycles. The number of ether oxygens (including phenoxy) is 1. The molecule has 1 atom stereocenters. The summed E-state index contributed by atoms with van der Waals surface area (Å²) in [6.45, 7) is 12.5. The molecule has 3 heteroatoms. The zero-order valence-electron chi connectivity index (χ0n) is 9.75. The average molecular weight is 200 g/mol. The fourth-order valence-corrected chi connectivity index (χ4v) is 1.88. The Bertz CT molecular complexity index is 171. The topological polar surface area (TPSA) is 38.5 Å². The van der Waals surface area contributed by atoms with Crippen molar-refractivity contribution in [3.8, 4) is 0 Å². The van der Waals surface area contributed by atoms with E-state index in [-0.39, 0.29) is 5.41 Å². The molecule has 3 nitrogen and oxygen atoms in total. The smallest absolute Gasteiger partial charge is 0.0593 e. The molecule has 1 aliphatic heterocycles. The molecule has 0 aliphatic carbocycles. The van der Waals surface area contributed by atoms with Crippen LogP contribution in [0.15, 0.2) is 0 Å². The molecule has 0 radical (unpaired) electrons. The Balaban J connectivity index is 2.42. The van der Waals surface area contributed by atoms with E-state index >= 15 is 0 Å². The van der Waals surface area contributed by atoms with Crippen LogP contribution in [0.3, 0.4) is 0 Å². The van der Waals surface area contributed by atoms with Gasteiger partial charge in [0.15, 0.2) is 0 Å². The van der Waals surface area contributed by atoms with Crippen molar-refractivity contribution in [1.82, 2.24) is 4.90 Å². The van der Waals surface area contributed by atoms with Gasteiger partial charge in [-0.05, 0) is 17.9 Å². The maximum Gasteiger partial charge on any atom is 0.0593 e. The predicted molar refractivity (Wildman–Crippen MR) is 59.3 cm³/mol. The minimum atomic E-state index is 0.226. The summed E-state index contributed by atoms with van der Waals surface area (Å²) < 4.78 is 5.51. The van der Waals surface area contributed by atoms with Gasteiger partial charge in [0.25, 0.3) is 0 Å². The molecular formula is C11H24N2O. The van der Waals surface area contributed by atoms with Gasteiger partial charge < -0.3 is 15.4 Å². The summed E-state index contributed by atoms with van der Waals surface area (Å²) >= 11 is 0. The Morgan fingerprint density at radius 1 is 1.50 bits per heavy atom. The highest BCUT2D eigenvalue weighted by Crippen LogP contribution is 2.17. The van der Waals surface area contributed by atoms with E-state index in [1.165, 1.54) is 0 Å². The Morgan fingerprint density at radius 3 is 2.86 bits per heavy atom. The van der Waals surface area contributed by atoms with E-state index in [1.54, 1.807) is 0 Å². The van der Waals surface area contributed by atoms with Gasteiger partial charge in [-0.1, -0.05) is 20.8 Å². The van der Waals surface area contributed by atoms with Crippen molar-refractivity contribution in [2.75, 3.05) is 39.4 Å². The zero-order valence-corrected chi connectivity index (χ0v) is 9.75. The van der Waals surface area contributed by atoms with Crippen molar-refractivity contribution in [3.05, 3.63) is 0 Å². The molecule has 0 bridgehead atoms. The van der Waals surface area contributed by atoms with Crippen molar-refractivity contribution in [2.45, 2.75) is 20.8 Å². The van der Waals surface area contributed by atoms with Crippen LogP contribution < -0.4 is 5.73 Å². The van der Waals surface area contributed by atoms with E-state index in [2.05, 4.69) is 25.7 Å². The molecule has 1 fully saturated rings. The Morgan fingerprint density at radius 2 is 2.21 bits per heavy atom. The third kappa shape index (κ3) is 3.95. The number of rotatable bonds is 3. The van der Waals surface area contributed by atoms with Crippen molar-refractivity contribution < 1.29 is 4.74 Å². The van der Waals surface area contributed by atoms with Crippen molar-refractivity contribution in [3.63, 3.8) is 0 Å². The molecule has 0 aromatic rings. The molecule has 14 heavy (non-hydrogen) atoms. The Labute approximate surface area is 87.6 Å². The highest BCUT2D eigenvalue weighted by molar-refractivity contribution is 4.76. The largest absolute Gasteiger partial charge is 0.380 e. The second kappa shape index (κ2) is 5.10. The molecule has 2 N–H and O–H groups in total. The van der Waals surface area contributed by atoms with E-state index in [4.69, 9.17) is 10.5 Å². The van der Waals surface area contributed by atoms with E-state index in [9.17, 15) is 0 Å². The van der Waals surface area contributed by atoms with Crippen LogP contribution in [0, 0.1) is 11.3 Å². The molecule has 0 aromatic heterocycles. The summed E-state index contributed by atoms with van der Waals surface area (Å²) in [5.74, 6) is 0.645. The fraction of sp³-hybridized carbons (Fsp3) is 1.00. The molecule has 1 aliphatic rings. The molecule has 1 unspecified atom stereocenters. The summed E-state index contributed by atoms with van der Waals surface area (Å²) in [5.41, 5.74) is 5.97. The lowest BCUT2D eigenvalue weighted by atomic mass is 9.93. The first-order chi connectivity index (χ1) is 6.53. The van der Waals surface area contributed by atoms with Crippen LogP contribution in [0.1, 0.15) is 20.8 Å². The van der Waals surface area contributed by atoms with Gasteiger partial charge in [0.05, 0.1) is 13.2 Å². The first-order valence-electron chi connectivity index (χ1n) is 5.54. The Hall–Kier alpha value is -0.120. The average Bonchev–Trinajstić information content (AvgIpc) is 2.29. The van der Waals surface area contributed by atoms with Gasteiger partial charge in [0, 0.05) is 19.6 Å². The third-order valence-electron chi connectivity index (χ3n) is 2.73. The van der Waals surface area contributed by atoms with Gasteiger partial charge in [0.2, 0.25) is 0 Å². The lowest BCUT2D eigenvalue weighted by Gasteiger charge is -2.31. The van der Waals surface area contributed by atoms with Crippen LogP contribution in [0.5, 0.6) is 0 Å². The van der Waals surface area contributed by atoms with Crippen LogP contribution in [-0.4, -0.2) is 44.3 Å². The minimum Gasteiger partial charge on any atom is -0.380 e. The standard InChI is InChI=1S/C11H24N2O/c1-10-6-13(4-5-14-7-10)9-11(2,3)8-12/h10H,4-9,12H2,1-3H3. The van der Waals surface area contributed by atoms with Crippen LogP contribution >= 0.6 is 0 Å². The highest BCUT2D eigenvalue weighted by Gasteiger charge is 2.22. The lowest BCUT2D eigenvalue weighted by Crippen LogP contribution is -2.41. The molecule has 1 heterocycles. The maximum atomic E-state index is 5.74. The van der Waals surface area contributed by atoms with Crippen LogP contribution in [-0.2, 0) is 4.74 Å². The predicted octanol–water partition coefficient (Wildman–Crippen LogP) is 0.940. The highest BCUT2D eigenvalue weighted by atomic mass is 16.5. The van der Waals surface area contributed by atoms with Gasteiger partial charge >= 0.3 is 0 Å². The fourth-order valence-electron chi connectivity index (χ4n) is 1.88. The maximum absolute atomic E-state index is 5.74. The summed E-state index contributed by atoms with van der Waals surface area (Å²) in [5, 5.41) is 0. The molecular weight excluding hydrogens is 176 g/mol. The van der Waals surface area contributed by atoms with Crippen molar-refractivity contribution in [1.29, 1.82) is 0 Å². The summed E-state index contributed by atoms with van der Waals surface area (Å²) in [6.07, 6.45) is 0. The number of hydrogen-bond donors (Lipinski definition) is 1. The van der Waals surface area contributed by atoms with E-state index in [1.807, 2.05) is 0 Å². The van der Waals surface area contributed by atoms with Crippen LogP contribution in [0.2, 0.25) is 0 Å². The lowest BCUT2D eigenvalue weighted by molar-refractivity contribution is 0.123. The molecule has 1 rings (SSSR count). The molecule has 84 valence electrons. The second-order valence-corrected chi connectivity index (χ2v) is 5.28. The molecule has 0 aromatic carbocycles. The zero-order chi connectivity index (χ0) is 10.6. The summed E-state index contributed by atoms with van der Waals surface area (Å²) in [6, 6.07) is 0.